The number of aromatic nitrogens is 1. The SMILES string of the molecule is O[C@H]1CC[C@@H](Cc2cc(COc3ccccc3)on2)O[C@@H]1CNC1CCOCC1. The zero-order valence-electron chi connectivity index (χ0n) is 16.7. The maximum absolute atomic E-state index is 10.3. The normalized spacial score (nSPS) is 25.8. The van der Waals surface area contributed by atoms with E-state index in [2.05, 4.69) is 10.5 Å². The van der Waals surface area contributed by atoms with Gasteiger partial charge in [0.05, 0.1) is 24.0 Å². The van der Waals surface area contributed by atoms with Gasteiger partial charge in [0.2, 0.25) is 0 Å². The molecule has 0 bridgehead atoms. The Bertz CT molecular complexity index is 732. The third-order valence-electron chi connectivity index (χ3n) is 5.58. The lowest BCUT2D eigenvalue weighted by Gasteiger charge is -2.35. The predicted molar refractivity (Wildman–Crippen MR) is 107 cm³/mol. The van der Waals surface area contributed by atoms with Crippen LogP contribution in [0.15, 0.2) is 40.9 Å². The van der Waals surface area contributed by atoms with Crippen molar-refractivity contribution in [3.05, 3.63) is 47.9 Å². The molecule has 2 fully saturated rings. The molecule has 0 amide bonds. The molecule has 1 aromatic heterocycles. The molecule has 4 rings (SSSR count). The average molecular weight is 402 g/mol. The maximum Gasteiger partial charge on any atom is 0.174 e. The van der Waals surface area contributed by atoms with Gasteiger partial charge in [0.1, 0.15) is 12.4 Å². The summed E-state index contributed by atoms with van der Waals surface area (Å²) in [6.45, 7) is 2.61. The minimum Gasteiger partial charge on any atom is -0.486 e. The van der Waals surface area contributed by atoms with Crippen molar-refractivity contribution in [1.29, 1.82) is 0 Å². The molecule has 29 heavy (non-hydrogen) atoms. The monoisotopic (exact) mass is 402 g/mol. The van der Waals surface area contributed by atoms with Crippen molar-refractivity contribution >= 4 is 0 Å². The van der Waals surface area contributed by atoms with Gasteiger partial charge in [-0.05, 0) is 37.8 Å². The summed E-state index contributed by atoms with van der Waals surface area (Å²) in [5, 5.41) is 18.0. The van der Waals surface area contributed by atoms with E-state index in [9.17, 15) is 5.11 Å². The summed E-state index contributed by atoms with van der Waals surface area (Å²) in [6.07, 6.45) is 3.68. The molecular formula is C22H30N2O5. The molecule has 2 aliphatic rings. The van der Waals surface area contributed by atoms with Gasteiger partial charge in [-0.3, -0.25) is 0 Å². The van der Waals surface area contributed by atoms with Gasteiger partial charge < -0.3 is 29.2 Å². The highest BCUT2D eigenvalue weighted by molar-refractivity contribution is 5.21. The smallest absolute Gasteiger partial charge is 0.174 e. The lowest BCUT2D eigenvalue weighted by molar-refractivity contribution is -0.116. The standard InChI is InChI=1S/C22H30N2O5/c25-21-7-6-19(28-22(21)14-23-16-8-10-26-11-9-16)12-17-13-20(29-24-17)15-27-18-4-2-1-3-5-18/h1-5,13,16,19,21-23,25H,6-12,14-15H2/t19-,21-,22+/m0/s1. The fourth-order valence-electron chi connectivity index (χ4n) is 3.89. The Kier molecular flexibility index (Phi) is 7.16. The van der Waals surface area contributed by atoms with E-state index in [1.54, 1.807) is 0 Å². The number of benzene rings is 1. The van der Waals surface area contributed by atoms with Crippen LogP contribution in [0.4, 0.5) is 0 Å². The Labute approximate surface area is 171 Å². The first-order valence-electron chi connectivity index (χ1n) is 10.5. The number of para-hydroxylation sites is 1. The second kappa shape index (κ2) is 10.2. The summed E-state index contributed by atoms with van der Waals surface area (Å²) < 4.78 is 22.7. The highest BCUT2D eigenvalue weighted by Crippen LogP contribution is 2.23. The molecule has 0 aliphatic carbocycles. The van der Waals surface area contributed by atoms with Crippen LogP contribution >= 0.6 is 0 Å². The van der Waals surface area contributed by atoms with Gasteiger partial charge in [-0.25, -0.2) is 0 Å². The van der Waals surface area contributed by atoms with Crippen LogP contribution < -0.4 is 10.1 Å². The van der Waals surface area contributed by atoms with Crippen LogP contribution in [-0.4, -0.2) is 54.4 Å². The van der Waals surface area contributed by atoms with Crippen molar-refractivity contribution in [2.75, 3.05) is 19.8 Å². The number of hydrogen-bond acceptors (Lipinski definition) is 7. The second-order valence-corrected chi connectivity index (χ2v) is 7.83. The summed E-state index contributed by atoms with van der Waals surface area (Å²) in [5.41, 5.74) is 0.856. The van der Waals surface area contributed by atoms with Gasteiger partial charge in [-0.15, -0.1) is 0 Å². The lowest BCUT2D eigenvalue weighted by atomic mass is 9.97. The van der Waals surface area contributed by atoms with Crippen LogP contribution in [0, 0.1) is 0 Å². The summed E-state index contributed by atoms with van der Waals surface area (Å²) in [4.78, 5) is 0. The van der Waals surface area contributed by atoms with Crippen molar-refractivity contribution in [1.82, 2.24) is 10.5 Å². The summed E-state index contributed by atoms with van der Waals surface area (Å²) in [6, 6.07) is 12.0. The van der Waals surface area contributed by atoms with Gasteiger partial charge in [-0.2, -0.15) is 0 Å². The zero-order valence-corrected chi connectivity index (χ0v) is 16.7. The molecule has 2 aliphatic heterocycles. The Hall–Kier alpha value is -1.93. The van der Waals surface area contributed by atoms with Crippen molar-refractivity contribution < 1.29 is 23.8 Å². The maximum atomic E-state index is 10.3. The van der Waals surface area contributed by atoms with Gasteiger partial charge in [0, 0.05) is 38.3 Å². The van der Waals surface area contributed by atoms with Gasteiger partial charge in [-0.1, -0.05) is 23.4 Å². The molecule has 2 saturated heterocycles. The molecule has 3 heterocycles. The van der Waals surface area contributed by atoms with Crippen molar-refractivity contribution in [3.63, 3.8) is 0 Å². The van der Waals surface area contributed by atoms with Crippen molar-refractivity contribution in [2.45, 2.75) is 63.1 Å². The second-order valence-electron chi connectivity index (χ2n) is 7.83. The van der Waals surface area contributed by atoms with E-state index in [0.29, 0.717) is 31.4 Å². The third-order valence-corrected chi connectivity index (χ3v) is 5.58. The number of aliphatic hydroxyl groups is 1. The van der Waals surface area contributed by atoms with Gasteiger partial charge in [0.25, 0.3) is 0 Å². The number of ether oxygens (including phenoxy) is 3. The minimum absolute atomic E-state index is 0.0351. The van der Waals surface area contributed by atoms with Crippen molar-refractivity contribution in [3.8, 4) is 5.75 Å². The van der Waals surface area contributed by atoms with E-state index in [4.69, 9.17) is 18.7 Å². The number of nitrogens with zero attached hydrogens (tertiary/aromatic N) is 1. The first-order chi connectivity index (χ1) is 14.3. The molecular weight excluding hydrogens is 372 g/mol. The van der Waals surface area contributed by atoms with Crippen LogP contribution in [-0.2, 0) is 22.5 Å². The van der Waals surface area contributed by atoms with E-state index in [0.717, 1.165) is 50.3 Å². The first-order valence-corrected chi connectivity index (χ1v) is 10.5. The molecule has 1 aromatic carbocycles. The van der Waals surface area contributed by atoms with Crippen LogP contribution in [0.3, 0.4) is 0 Å². The van der Waals surface area contributed by atoms with Crippen molar-refractivity contribution in [2.24, 2.45) is 0 Å². The summed E-state index contributed by atoms with van der Waals surface area (Å²) in [5.74, 6) is 1.49. The highest BCUT2D eigenvalue weighted by Gasteiger charge is 2.31. The number of nitrogens with one attached hydrogen (secondary N) is 1. The fourth-order valence-corrected chi connectivity index (χ4v) is 3.89. The average Bonchev–Trinajstić information content (AvgIpc) is 3.21. The summed E-state index contributed by atoms with van der Waals surface area (Å²) >= 11 is 0. The molecule has 0 saturated carbocycles. The molecule has 0 radical (unpaired) electrons. The quantitative estimate of drug-likeness (QED) is 0.701. The van der Waals surface area contributed by atoms with Crippen LogP contribution in [0.5, 0.6) is 5.75 Å². The van der Waals surface area contributed by atoms with Gasteiger partial charge in [0.15, 0.2) is 5.76 Å². The Morgan fingerprint density at radius 2 is 1.93 bits per heavy atom. The number of hydrogen-bond donors (Lipinski definition) is 2. The first kappa shape index (κ1) is 20.3. The van der Waals surface area contributed by atoms with E-state index < -0.39 is 6.10 Å². The van der Waals surface area contributed by atoms with E-state index in [-0.39, 0.29) is 12.2 Å². The zero-order chi connectivity index (χ0) is 19.9. The lowest BCUT2D eigenvalue weighted by Crippen LogP contribution is -2.48. The largest absolute Gasteiger partial charge is 0.486 e. The van der Waals surface area contributed by atoms with E-state index in [1.807, 2.05) is 36.4 Å². The van der Waals surface area contributed by atoms with Crippen LogP contribution in [0.25, 0.3) is 0 Å². The molecule has 7 nitrogen and oxygen atoms in total. The molecule has 0 unspecified atom stereocenters. The number of rotatable bonds is 8. The van der Waals surface area contributed by atoms with E-state index >= 15 is 0 Å². The van der Waals surface area contributed by atoms with Crippen LogP contribution in [0.1, 0.15) is 37.1 Å². The Balaban J connectivity index is 1.24. The minimum atomic E-state index is -0.425. The molecule has 2 aromatic rings. The van der Waals surface area contributed by atoms with E-state index in [1.165, 1.54) is 0 Å². The number of aliphatic hydroxyl groups excluding tert-OH is 1. The van der Waals surface area contributed by atoms with Gasteiger partial charge >= 0.3 is 0 Å². The molecule has 3 atom stereocenters. The highest BCUT2D eigenvalue weighted by atomic mass is 16.5. The predicted octanol–water partition coefficient (Wildman–Crippen LogP) is 2.47. The third kappa shape index (κ3) is 6.02. The molecule has 0 spiro atoms. The topological polar surface area (TPSA) is 86.0 Å². The van der Waals surface area contributed by atoms with Crippen LogP contribution in [0.2, 0.25) is 0 Å². The molecule has 2 N–H and O–H groups in total. The summed E-state index contributed by atoms with van der Waals surface area (Å²) in [7, 11) is 0. The molecule has 158 valence electrons. The Morgan fingerprint density at radius 3 is 2.76 bits per heavy atom. The Morgan fingerprint density at radius 1 is 1.10 bits per heavy atom. The molecule has 7 heteroatoms. The fraction of sp³-hybridized carbons (Fsp3) is 0.591.